The van der Waals surface area contributed by atoms with E-state index in [0.717, 1.165) is 5.56 Å². The van der Waals surface area contributed by atoms with Crippen LogP contribution in [0.15, 0.2) is 54.6 Å². The summed E-state index contributed by atoms with van der Waals surface area (Å²) < 4.78 is 26.7. The number of ether oxygens (including phenoxy) is 2. The van der Waals surface area contributed by atoms with Gasteiger partial charge < -0.3 is 14.8 Å². The van der Waals surface area contributed by atoms with E-state index in [1.807, 2.05) is 30.3 Å². The van der Waals surface area contributed by atoms with E-state index in [4.69, 9.17) is 9.47 Å². The zero-order chi connectivity index (χ0) is 20.2. The molecule has 1 N–H and O–H groups in total. The molecule has 1 fully saturated rings. The lowest BCUT2D eigenvalue weighted by Crippen LogP contribution is -2.53. The van der Waals surface area contributed by atoms with Gasteiger partial charge in [-0.2, -0.15) is 0 Å². The van der Waals surface area contributed by atoms with E-state index in [1.54, 1.807) is 45.0 Å². The van der Waals surface area contributed by atoms with E-state index in [-0.39, 0.29) is 6.54 Å². The van der Waals surface area contributed by atoms with Crippen LogP contribution in [-0.2, 0) is 21.7 Å². The Hall–Kier alpha value is -2.40. The van der Waals surface area contributed by atoms with Crippen LogP contribution in [0.1, 0.15) is 38.3 Å². The smallest absolute Gasteiger partial charge is 0.312 e. The molecular formula is C23H28FNO3. The highest BCUT2D eigenvalue weighted by Gasteiger charge is 2.48. The van der Waals surface area contributed by atoms with Crippen molar-refractivity contribution in [2.45, 2.75) is 45.6 Å². The van der Waals surface area contributed by atoms with E-state index in [1.165, 1.54) is 0 Å². The minimum atomic E-state index is -1.32. The summed E-state index contributed by atoms with van der Waals surface area (Å²) in [5, 5.41) is 3.03. The second-order valence-corrected chi connectivity index (χ2v) is 8.25. The Morgan fingerprint density at radius 2 is 1.82 bits per heavy atom. The van der Waals surface area contributed by atoms with Gasteiger partial charge in [0.05, 0.1) is 5.41 Å². The summed E-state index contributed by atoms with van der Waals surface area (Å²) in [6.45, 7) is 6.53. The molecule has 0 saturated carbocycles. The van der Waals surface area contributed by atoms with E-state index in [2.05, 4.69) is 5.32 Å². The number of hydrogen-bond donors (Lipinski definition) is 1. The minimum Gasteiger partial charge on any atom is -0.489 e. The van der Waals surface area contributed by atoms with E-state index < -0.39 is 23.2 Å². The molecule has 1 aliphatic heterocycles. The molecule has 0 aliphatic carbocycles. The molecule has 1 saturated heterocycles. The number of esters is 1. The Bertz CT molecular complexity index is 786. The van der Waals surface area contributed by atoms with Crippen molar-refractivity contribution >= 4 is 5.97 Å². The molecule has 28 heavy (non-hydrogen) atoms. The first-order valence-corrected chi connectivity index (χ1v) is 9.67. The van der Waals surface area contributed by atoms with E-state index in [9.17, 15) is 4.79 Å². The molecule has 1 heterocycles. The molecule has 0 radical (unpaired) electrons. The second kappa shape index (κ2) is 8.31. The van der Waals surface area contributed by atoms with Crippen molar-refractivity contribution in [1.82, 2.24) is 5.32 Å². The highest BCUT2D eigenvalue weighted by atomic mass is 19.1. The highest BCUT2D eigenvalue weighted by Crippen LogP contribution is 2.39. The molecule has 2 atom stereocenters. The maximum Gasteiger partial charge on any atom is 0.312 e. The fourth-order valence-corrected chi connectivity index (χ4v) is 3.22. The van der Waals surface area contributed by atoms with Gasteiger partial charge in [-0.1, -0.05) is 42.5 Å². The Kier molecular flexibility index (Phi) is 6.04. The lowest BCUT2D eigenvalue weighted by molar-refractivity contribution is -0.183. The number of benzene rings is 2. The normalized spacial score (nSPS) is 22.5. The number of hydrogen-bond acceptors (Lipinski definition) is 4. The first-order chi connectivity index (χ1) is 13.3. The van der Waals surface area contributed by atoms with Crippen molar-refractivity contribution in [2.75, 3.05) is 13.1 Å². The number of carbonyl (C=O) groups is 1. The first-order valence-electron chi connectivity index (χ1n) is 9.67. The quantitative estimate of drug-likeness (QED) is 0.776. The molecule has 2 unspecified atom stereocenters. The molecule has 0 spiro atoms. The number of rotatable bonds is 5. The van der Waals surface area contributed by atoms with Gasteiger partial charge >= 0.3 is 5.97 Å². The molecule has 2 aromatic carbocycles. The summed E-state index contributed by atoms with van der Waals surface area (Å²) in [7, 11) is 0. The van der Waals surface area contributed by atoms with Gasteiger partial charge in [0.15, 0.2) is 11.8 Å². The third kappa shape index (κ3) is 4.53. The van der Waals surface area contributed by atoms with Crippen LogP contribution in [-0.4, -0.2) is 25.2 Å². The third-order valence-electron chi connectivity index (χ3n) is 4.98. The van der Waals surface area contributed by atoms with Crippen LogP contribution in [0, 0.1) is 5.41 Å². The van der Waals surface area contributed by atoms with Crippen molar-refractivity contribution < 1.29 is 18.7 Å². The zero-order valence-electron chi connectivity index (χ0n) is 16.7. The van der Waals surface area contributed by atoms with E-state index in [0.29, 0.717) is 30.9 Å². The van der Waals surface area contributed by atoms with Gasteiger partial charge in [0, 0.05) is 13.0 Å². The second-order valence-electron chi connectivity index (χ2n) is 8.25. The Morgan fingerprint density at radius 3 is 2.43 bits per heavy atom. The summed E-state index contributed by atoms with van der Waals surface area (Å²) in [5.41, 5.74) is -0.236. The summed E-state index contributed by atoms with van der Waals surface area (Å²) >= 11 is 0. The minimum absolute atomic E-state index is 0.156. The van der Waals surface area contributed by atoms with Crippen molar-refractivity contribution in [3.63, 3.8) is 0 Å². The van der Waals surface area contributed by atoms with Crippen molar-refractivity contribution in [3.8, 4) is 5.75 Å². The van der Waals surface area contributed by atoms with Crippen molar-refractivity contribution in [2.24, 2.45) is 5.41 Å². The molecule has 0 aromatic heterocycles. The van der Waals surface area contributed by atoms with Gasteiger partial charge in [0.1, 0.15) is 12.4 Å². The first kappa shape index (κ1) is 20.3. The van der Waals surface area contributed by atoms with Crippen LogP contribution in [0.3, 0.4) is 0 Å². The number of carbonyl (C=O) groups excluding carboxylic acids is 1. The van der Waals surface area contributed by atoms with Crippen LogP contribution in [0.4, 0.5) is 4.39 Å². The van der Waals surface area contributed by atoms with Crippen LogP contribution < -0.4 is 10.1 Å². The molecule has 3 rings (SSSR count). The largest absolute Gasteiger partial charge is 0.489 e. The molecule has 2 aromatic rings. The number of nitrogens with one attached hydrogen (secondary N) is 1. The van der Waals surface area contributed by atoms with Gasteiger partial charge in [-0.05, 0) is 50.6 Å². The Labute approximate surface area is 166 Å². The highest BCUT2D eigenvalue weighted by molar-refractivity contribution is 5.76. The van der Waals surface area contributed by atoms with Gasteiger partial charge in [-0.25, -0.2) is 4.39 Å². The lowest BCUT2D eigenvalue weighted by Gasteiger charge is -2.41. The fraction of sp³-hybridized carbons (Fsp3) is 0.435. The number of piperidine rings is 1. The van der Waals surface area contributed by atoms with E-state index >= 15 is 4.39 Å². The maximum atomic E-state index is 15.0. The SMILES string of the molecule is CC(C)(C)C(=O)OC1(c2ccc(OCc3ccccc3)cc2)CCNCC1F. The van der Waals surface area contributed by atoms with Crippen molar-refractivity contribution in [1.29, 1.82) is 0 Å². The van der Waals surface area contributed by atoms with Crippen LogP contribution in [0.2, 0.25) is 0 Å². The van der Waals surface area contributed by atoms with Gasteiger partial charge in [-0.15, -0.1) is 0 Å². The molecule has 0 amide bonds. The van der Waals surface area contributed by atoms with Crippen LogP contribution in [0.5, 0.6) is 5.75 Å². The molecule has 1 aliphatic rings. The molecule has 0 bridgehead atoms. The monoisotopic (exact) mass is 385 g/mol. The zero-order valence-corrected chi connectivity index (χ0v) is 16.7. The average Bonchev–Trinajstić information content (AvgIpc) is 2.68. The topological polar surface area (TPSA) is 47.6 Å². The molecule has 4 nitrogen and oxygen atoms in total. The number of halogens is 1. The van der Waals surface area contributed by atoms with Crippen LogP contribution >= 0.6 is 0 Å². The van der Waals surface area contributed by atoms with Gasteiger partial charge in [-0.3, -0.25) is 4.79 Å². The number of alkyl halides is 1. The standard InChI is InChI=1S/C23H28FNO3/c1-22(2,3)21(26)28-23(13-14-25-15-20(23)24)18-9-11-19(12-10-18)27-16-17-7-5-4-6-8-17/h4-12,20,25H,13-16H2,1-3H3. The molecule has 5 heteroatoms. The van der Waals surface area contributed by atoms with Crippen molar-refractivity contribution in [3.05, 3.63) is 65.7 Å². The summed E-state index contributed by atoms with van der Waals surface area (Å²) in [5.74, 6) is 0.288. The Balaban J connectivity index is 1.79. The van der Waals surface area contributed by atoms with Gasteiger partial charge in [0.2, 0.25) is 0 Å². The summed E-state index contributed by atoms with van der Waals surface area (Å²) in [6, 6.07) is 17.1. The predicted octanol–water partition coefficient (Wildman–Crippen LogP) is 4.38. The molecular weight excluding hydrogens is 357 g/mol. The molecule has 150 valence electrons. The predicted molar refractivity (Wildman–Crippen MR) is 107 cm³/mol. The summed E-state index contributed by atoms with van der Waals surface area (Å²) in [6.07, 6.45) is -0.927. The third-order valence-corrected chi connectivity index (χ3v) is 4.98. The summed E-state index contributed by atoms with van der Waals surface area (Å²) in [4.78, 5) is 12.5. The van der Waals surface area contributed by atoms with Crippen LogP contribution in [0.25, 0.3) is 0 Å². The Morgan fingerprint density at radius 1 is 1.14 bits per heavy atom. The fourth-order valence-electron chi connectivity index (χ4n) is 3.22. The average molecular weight is 385 g/mol. The lowest BCUT2D eigenvalue weighted by atomic mass is 9.82. The maximum absolute atomic E-state index is 15.0. The van der Waals surface area contributed by atoms with Gasteiger partial charge in [0.25, 0.3) is 0 Å².